The van der Waals surface area contributed by atoms with E-state index in [1.807, 2.05) is 16.7 Å². The maximum Gasteiger partial charge on any atom is 0.356 e. The lowest BCUT2D eigenvalue weighted by Crippen LogP contribution is -2.40. The number of carbonyl (C=O) groups excluding carboxylic acids is 1. The molecule has 9 nitrogen and oxygen atoms in total. The Morgan fingerprint density at radius 3 is 2.79 bits per heavy atom. The van der Waals surface area contributed by atoms with Crippen LogP contribution >= 0.6 is 15.9 Å². The first-order valence-electron chi connectivity index (χ1n) is 8.77. The third-order valence-electron chi connectivity index (χ3n) is 5.13. The number of carbonyl (C=O) groups is 1. The zero-order chi connectivity index (χ0) is 20.3. The summed E-state index contributed by atoms with van der Waals surface area (Å²) in [5, 5.41) is 13.6. The highest BCUT2D eigenvalue weighted by atomic mass is 79.9. The summed E-state index contributed by atoms with van der Waals surface area (Å²) in [6, 6.07) is 6.10. The van der Waals surface area contributed by atoms with Crippen LogP contribution in [0, 0.1) is 10.1 Å². The largest absolute Gasteiger partial charge is 0.487 e. The molecular weight excluding hydrogens is 434 g/mol. The van der Waals surface area contributed by atoms with Crippen LogP contribution in [-0.2, 0) is 4.74 Å². The standard InChI is InChI=1S/C18H19BrN2O3.HNO3/c1-23-17(22)15-10-20-11-21(15)14-9-18(6-2-3-7-18)24-16-5-4-12(19)8-13(14)16;2-1(3)4/h4-5,8,10-11,14H,2-3,6-7,9H2,1H3;(H,2,3,4). The molecule has 1 aromatic carbocycles. The van der Waals surface area contributed by atoms with Crippen molar-refractivity contribution in [2.75, 3.05) is 7.11 Å². The van der Waals surface area contributed by atoms with E-state index in [0.29, 0.717) is 5.69 Å². The smallest absolute Gasteiger partial charge is 0.356 e. The van der Waals surface area contributed by atoms with E-state index in [1.165, 1.54) is 20.0 Å². The fourth-order valence-electron chi connectivity index (χ4n) is 4.00. The van der Waals surface area contributed by atoms with Gasteiger partial charge in [0, 0.05) is 16.5 Å². The molecule has 1 fully saturated rings. The Balaban J connectivity index is 0.000000516. The molecule has 1 aliphatic heterocycles. The van der Waals surface area contributed by atoms with E-state index in [-0.39, 0.29) is 17.6 Å². The van der Waals surface area contributed by atoms with Crippen LogP contribution in [0.1, 0.15) is 54.2 Å². The molecule has 10 heteroatoms. The lowest BCUT2D eigenvalue weighted by molar-refractivity contribution is -0.742. The normalized spacial score (nSPS) is 19.1. The highest BCUT2D eigenvalue weighted by Crippen LogP contribution is 2.49. The Kier molecular flexibility index (Phi) is 5.87. The minimum Gasteiger partial charge on any atom is -0.487 e. The molecule has 0 amide bonds. The molecule has 0 bridgehead atoms. The SMILES string of the molecule is COC(=O)c1cncn1C1CC2(CCCC2)Oc2ccc(Br)cc21.O=[N+]([O-])O. The second-order valence-electron chi connectivity index (χ2n) is 6.81. The Bertz CT molecular complexity index is 874. The number of halogens is 1. The van der Waals surface area contributed by atoms with Crippen LogP contribution in [0.25, 0.3) is 0 Å². The minimum absolute atomic E-state index is 0.0148. The highest BCUT2D eigenvalue weighted by molar-refractivity contribution is 9.10. The lowest BCUT2D eigenvalue weighted by Gasteiger charge is -2.40. The number of methoxy groups -OCH3 is 1. The summed E-state index contributed by atoms with van der Waals surface area (Å²) in [5.74, 6) is 0.539. The van der Waals surface area contributed by atoms with E-state index >= 15 is 0 Å². The van der Waals surface area contributed by atoms with Gasteiger partial charge in [-0.05, 0) is 43.9 Å². The van der Waals surface area contributed by atoms with Crippen LogP contribution in [0.2, 0.25) is 0 Å². The van der Waals surface area contributed by atoms with Gasteiger partial charge in [0.05, 0.1) is 25.7 Å². The van der Waals surface area contributed by atoms with Crippen molar-refractivity contribution in [2.45, 2.75) is 43.7 Å². The molecule has 4 rings (SSSR count). The first-order valence-corrected chi connectivity index (χ1v) is 9.56. The van der Waals surface area contributed by atoms with E-state index in [0.717, 1.165) is 35.0 Å². The van der Waals surface area contributed by atoms with Gasteiger partial charge in [-0.2, -0.15) is 0 Å². The number of hydrogen-bond donors (Lipinski definition) is 1. The Morgan fingerprint density at radius 1 is 1.46 bits per heavy atom. The van der Waals surface area contributed by atoms with Gasteiger partial charge in [-0.15, -0.1) is 10.1 Å². The first kappa shape index (κ1) is 20.1. The summed E-state index contributed by atoms with van der Waals surface area (Å²) < 4.78 is 14.3. The second-order valence-corrected chi connectivity index (χ2v) is 7.73. The molecule has 1 aliphatic carbocycles. The summed E-state index contributed by atoms with van der Waals surface area (Å²) in [6.07, 6.45) is 8.62. The van der Waals surface area contributed by atoms with Gasteiger partial charge in [0.15, 0.2) is 0 Å². The predicted octanol–water partition coefficient (Wildman–Crippen LogP) is 3.77. The Labute approximate surface area is 169 Å². The minimum atomic E-state index is -1.50. The van der Waals surface area contributed by atoms with Crippen LogP contribution in [0.5, 0.6) is 5.75 Å². The van der Waals surface area contributed by atoms with Gasteiger partial charge < -0.3 is 19.2 Å². The molecule has 1 saturated carbocycles. The number of hydrogen-bond acceptors (Lipinski definition) is 6. The van der Waals surface area contributed by atoms with Crippen molar-refractivity contribution in [2.24, 2.45) is 0 Å². The van der Waals surface area contributed by atoms with E-state index in [2.05, 4.69) is 27.0 Å². The molecule has 0 saturated heterocycles. The van der Waals surface area contributed by atoms with Crippen LogP contribution in [0.3, 0.4) is 0 Å². The molecule has 1 unspecified atom stereocenters. The molecule has 28 heavy (non-hydrogen) atoms. The molecule has 2 aliphatic rings. The Morgan fingerprint density at radius 2 is 2.14 bits per heavy atom. The van der Waals surface area contributed by atoms with Gasteiger partial charge in [-0.1, -0.05) is 15.9 Å². The average Bonchev–Trinajstić information content (AvgIpc) is 3.30. The number of esters is 1. The van der Waals surface area contributed by atoms with Gasteiger partial charge in [0.25, 0.3) is 5.09 Å². The molecule has 1 spiro atoms. The average molecular weight is 454 g/mol. The van der Waals surface area contributed by atoms with Crippen molar-refractivity contribution in [3.8, 4) is 5.75 Å². The number of ether oxygens (including phenoxy) is 2. The van der Waals surface area contributed by atoms with Crippen molar-refractivity contribution < 1.29 is 24.6 Å². The first-order chi connectivity index (χ1) is 13.3. The lowest BCUT2D eigenvalue weighted by atomic mass is 9.85. The van der Waals surface area contributed by atoms with Crippen LogP contribution in [0.4, 0.5) is 0 Å². The van der Waals surface area contributed by atoms with E-state index < -0.39 is 5.09 Å². The van der Waals surface area contributed by atoms with E-state index in [1.54, 1.807) is 12.5 Å². The predicted molar refractivity (Wildman–Crippen MR) is 101 cm³/mol. The molecule has 1 aromatic heterocycles. The molecule has 1 atom stereocenters. The quantitative estimate of drug-likeness (QED) is 0.417. The van der Waals surface area contributed by atoms with Crippen LogP contribution < -0.4 is 4.74 Å². The third-order valence-corrected chi connectivity index (χ3v) is 5.63. The molecule has 1 N–H and O–H groups in total. The van der Waals surface area contributed by atoms with Crippen LogP contribution in [-0.4, -0.2) is 38.5 Å². The van der Waals surface area contributed by atoms with Crippen molar-refractivity contribution >= 4 is 21.9 Å². The fraction of sp³-hybridized carbons (Fsp3) is 0.444. The molecule has 0 radical (unpaired) electrons. The summed E-state index contributed by atoms with van der Waals surface area (Å²) in [4.78, 5) is 24.7. The fourth-order valence-corrected chi connectivity index (χ4v) is 4.38. The zero-order valence-corrected chi connectivity index (χ0v) is 16.8. The van der Waals surface area contributed by atoms with Gasteiger partial charge in [-0.3, -0.25) is 0 Å². The van der Waals surface area contributed by atoms with Crippen molar-refractivity contribution in [3.05, 3.63) is 56.6 Å². The summed E-state index contributed by atoms with van der Waals surface area (Å²) >= 11 is 3.55. The summed E-state index contributed by atoms with van der Waals surface area (Å²) in [6.45, 7) is 0. The molecule has 150 valence electrons. The topological polar surface area (TPSA) is 117 Å². The maximum absolute atomic E-state index is 12.1. The maximum atomic E-state index is 12.1. The number of benzene rings is 1. The third kappa shape index (κ3) is 4.11. The second kappa shape index (κ2) is 8.17. The number of nitrogens with zero attached hydrogens (tertiary/aromatic N) is 3. The number of aromatic nitrogens is 2. The van der Waals surface area contributed by atoms with Gasteiger partial charge >= 0.3 is 5.97 Å². The Hall–Kier alpha value is -2.62. The zero-order valence-electron chi connectivity index (χ0n) is 15.2. The van der Waals surface area contributed by atoms with Gasteiger partial charge in [0.2, 0.25) is 0 Å². The van der Waals surface area contributed by atoms with E-state index in [4.69, 9.17) is 24.8 Å². The van der Waals surface area contributed by atoms with Crippen LogP contribution in [0.15, 0.2) is 35.2 Å². The number of fused-ring (bicyclic) bond motifs is 1. The van der Waals surface area contributed by atoms with Gasteiger partial charge in [-0.25, -0.2) is 9.78 Å². The highest BCUT2D eigenvalue weighted by Gasteiger charge is 2.44. The van der Waals surface area contributed by atoms with Crippen molar-refractivity contribution in [3.63, 3.8) is 0 Å². The number of rotatable bonds is 2. The number of imidazole rings is 1. The molecule has 2 aromatic rings. The monoisotopic (exact) mass is 453 g/mol. The summed E-state index contributed by atoms with van der Waals surface area (Å²) in [7, 11) is 1.40. The van der Waals surface area contributed by atoms with Gasteiger partial charge in [0.1, 0.15) is 17.0 Å². The van der Waals surface area contributed by atoms with E-state index in [9.17, 15) is 4.79 Å². The van der Waals surface area contributed by atoms with Crippen molar-refractivity contribution in [1.29, 1.82) is 0 Å². The molecule has 2 heterocycles. The summed E-state index contributed by atoms with van der Waals surface area (Å²) in [5.41, 5.74) is 1.41. The molecular formula is C18H20BrN3O6. The van der Waals surface area contributed by atoms with Crippen molar-refractivity contribution in [1.82, 2.24) is 9.55 Å².